The zero-order valence-electron chi connectivity index (χ0n) is 8.78. The molecule has 0 aliphatic carbocycles. The first kappa shape index (κ1) is 12.7. The molecule has 0 radical (unpaired) electrons. The van der Waals surface area contributed by atoms with Crippen molar-refractivity contribution >= 4 is 11.9 Å². The Morgan fingerprint density at radius 2 is 1.79 bits per heavy atom. The zero-order chi connectivity index (χ0) is 11.0. The fraction of sp³-hybridized carbons (Fsp3) is 0.600. The summed E-state index contributed by atoms with van der Waals surface area (Å²) in [5, 5.41) is 0. The van der Waals surface area contributed by atoms with E-state index in [0.717, 1.165) is 18.6 Å². The molecule has 0 aromatic carbocycles. The highest BCUT2D eigenvalue weighted by molar-refractivity contribution is 5.91. The van der Waals surface area contributed by atoms with Gasteiger partial charge >= 0.3 is 11.9 Å². The van der Waals surface area contributed by atoms with Crippen LogP contribution < -0.4 is 0 Å². The van der Waals surface area contributed by atoms with E-state index in [4.69, 9.17) is 4.74 Å². The van der Waals surface area contributed by atoms with Crippen molar-refractivity contribution in [2.24, 2.45) is 0 Å². The van der Waals surface area contributed by atoms with Crippen molar-refractivity contribution < 1.29 is 19.1 Å². The Hall–Kier alpha value is -1.32. The third kappa shape index (κ3) is 6.22. The quantitative estimate of drug-likeness (QED) is 0.498. The van der Waals surface area contributed by atoms with Gasteiger partial charge in [-0.3, -0.25) is 0 Å². The van der Waals surface area contributed by atoms with Crippen molar-refractivity contribution in [1.82, 2.24) is 0 Å². The highest BCUT2D eigenvalue weighted by Gasteiger charge is 2.04. The molecular weight excluding hydrogens is 184 g/mol. The second-order valence-corrected chi connectivity index (χ2v) is 2.74. The topological polar surface area (TPSA) is 52.6 Å². The molecule has 0 aromatic rings. The maximum atomic E-state index is 11.0. The lowest BCUT2D eigenvalue weighted by Crippen LogP contribution is -2.12. The summed E-state index contributed by atoms with van der Waals surface area (Å²) in [4.78, 5) is 21.8. The number of carbonyl (C=O) groups excluding carboxylic acids is 2. The second-order valence-electron chi connectivity index (χ2n) is 2.74. The molecule has 0 N–H and O–H groups in total. The third-order valence-corrected chi connectivity index (χ3v) is 1.53. The van der Waals surface area contributed by atoms with Gasteiger partial charge in [0.2, 0.25) is 0 Å². The molecule has 0 aromatic heterocycles. The standard InChI is InChI=1S/C10H16O4/c1-4-8(3)14-10(12)7-6-9(11)13-5-2/h6-8H,4-5H2,1-3H3/b7-6-. The van der Waals surface area contributed by atoms with Gasteiger partial charge in [0.1, 0.15) is 0 Å². The van der Waals surface area contributed by atoms with Gasteiger partial charge < -0.3 is 9.47 Å². The molecule has 1 unspecified atom stereocenters. The minimum Gasteiger partial charge on any atom is -0.463 e. The molecule has 1 atom stereocenters. The summed E-state index contributed by atoms with van der Waals surface area (Å²) >= 11 is 0. The summed E-state index contributed by atoms with van der Waals surface area (Å²) in [7, 11) is 0. The van der Waals surface area contributed by atoms with E-state index < -0.39 is 11.9 Å². The van der Waals surface area contributed by atoms with Crippen LogP contribution in [0.5, 0.6) is 0 Å². The maximum Gasteiger partial charge on any atom is 0.331 e. The van der Waals surface area contributed by atoms with E-state index in [1.807, 2.05) is 6.92 Å². The molecular formula is C10H16O4. The lowest BCUT2D eigenvalue weighted by atomic mass is 10.3. The predicted molar refractivity (Wildman–Crippen MR) is 51.6 cm³/mol. The van der Waals surface area contributed by atoms with E-state index in [2.05, 4.69) is 4.74 Å². The van der Waals surface area contributed by atoms with Crippen LogP contribution in [0.25, 0.3) is 0 Å². The van der Waals surface area contributed by atoms with Crippen LogP contribution >= 0.6 is 0 Å². The molecule has 0 saturated carbocycles. The summed E-state index contributed by atoms with van der Waals surface area (Å²) in [6, 6.07) is 0. The fourth-order valence-electron chi connectivity index (χ4n) is 0.647. The highest BCUT2D eigenvalue weighted by atomic mass is 16.5. The second kappa shape index (κ2) is 7.12. The number of hydrogen-bond donors (Lipinski definition) is 0. The minimum atomic E-state index is -0.534. The number of ether oxygens (including phenoxy) is 2. The van der Waals surface area contributed by atoms with Crippen LogP contribution in [0.2, 0.25) is 0 Å². The van der Waals surface area contributed by atoms with Gasteiger partial charge in [-0.05, 0) is 20.3 Å². The van der Waals surface area contributed by atoms with Gasteiger partial charge in [-0.15, -0.1) is 0 Å². The van der Waals surface area contributed by atoms with Crippen LogP contribution in [0, 0.1) is 0 Å². The summed E-state index contributed by atoms with van der Waals surface area (Å²) in [6.45, 7) is 5.69. The molecule has 0 fully saturated rings. The van der Waals surface area contributed by atoms with Crippen LogP contribution in [-0.2, 0) is 19.1 Å². The molecule has 14 heavy (non-hydrogen) atoms. The average molecular weight is 200 g/mol. The van der Waals surface area contributed by atoms with Gasteiger partial charge in [-0.2, -0.15) is 0 Å². The summed E-state index contributed by atoms with van der Waals surface area (Å²) in [6.07, 6.45) is 2.76. The largest absolute Gasteiger partial charge is 0.463 e. The van der Waals surface area contributed by atoms with Gasteiger partial charge in [-0.1, -0.05) is 6.92 Å². The molecule has 0 amide bonds. The van der Waals surface area contributed by atoms with Crippen LogP contribution in [-0.4, -0.2) is 24.6 Å². The smallest absolute Gasteiger partial charge is 0.331 e. The van der Waals surface area contributed by atoms with Crippen molar-refractivity contribution in [3.05, 3.63) is 12.2 Å². The number of rotatable bonds is 5. The Kier molecular flexibility index (Phi) is 6.45. The van der Waals surface area contributed by atoms with Gasteiger partial charge in [0.15, 0.2) is 0 Å². The van der Waals surface area contributed by atoms with E-state index in [9.17, 15) is 9.59 Å². The molecule has 4 nitrogen and oxygen atoms in total. The highest BCUT2D eigenvalue weighted by Crippen LogP contribution is 1.96. The van der Waals surface area contributed by atoms with E-state index in [-0.39, 0.29) is 6.10 Å². The maximum absolute atomic E-state index is 11.0. The molecule has 80 valence electrons. The number of esters is 2. The van der Waals surface area contributed by atoms with Crippen molar-refractivity contribution in [1.29, 1.82) is 0 Å². The van der Waals surface area contributed by atoms with E-state index in [1.54, 1.807) is 13.8 Å². The van der Waals surface area contributed by atoms with Crippen molar-refractivity contribution in [2.45, 2.75) is 33.3 Å². The SMILES string of the molecule is CCOC(=O)/C=C\C(=O)OC(C)CC. The molecule has 0 spiro atoms. The molecule has 0 aliphatic heterocycles. The normalized spacial score (nSPS) is 12.5. The number of carbonyl (C=O) groups is 2. The first-order valence-electron chi connectivity index (χ1n) is 4.65. The van der Waals surface area contributed by atoms with Crippen molar-refractivity contribution in [3.63, 3.8) is 0 Å². The first-order valence-corrected chi connectivity index (χ1v) is 4.65. The first-order chi connectivity index (χ1) is 6.60. The molecule has 0 heterocycles. The monoisotopic (exact) mass is 200 g/mol. The zero-order valence-corrected chi connectivity index (χ0v) is 8.78. The Morgan fingerprint density at radius 3 is 2.29 bits per heavy atom. The molecule has 4 heteroatoms. The van der Waals surface area contributed by atoms with Crippen molar-refractivity contribution in [3.8, 4) is 0 Å². The van der Waals surface area contributed by atoms with Crippen LogP contribution in [0.4, 0.5) is 0 Å². The predicted octanol–water partition coefficient (Wildman–Crippen LogP) is 1.45. The van der Waals surface area contributed by atoms with Gasteiger partial charge in [0, 0.05) is 12.2 Å². The van der Waals surface area contributed by atoms with Gasteiger partial charge in [0.05, 0.1) is 12.7 Å². The summed E-state index contributed by atoms with van der Waals surface area (Å²) in [5.74, 6) is -1.05. The molecule has 0 bridgehead atoms. The van der Waals surface area contributed by atoms with Crippen LogP contribution in [0.1, 0.15) is 27.2 Å². The Morgan fingerprint density at radius 1 is 1.21 bits per heavy atom. The number of hydrogen-bond acceptors (Lipinski definition) is 4. The van der Waals surface area contributed by atoms with E-state index >= 15 is 0 Å². The molecule has 0 aliphatic rings. The minimum absolute atomic E-state index is 0.130. The van der Waals surface area contributed by atoms with Crippen LogP contribution in [0.3, 0.4) is 0 Å². The van der Waals surface area contributed by atoms with Gasteiger partial charge in [0.25, 0.3) is 0 Å². The van der Waals surface area contributed by atoms with E-state index in [0.29, 0.717) is 6.61 Å². The summed E-state index contributed by atoms with van der Waals surface area (Å²) < 4.78 is 9.48. The van der Waals surface area contributed by atoms with Crippen molar-refractivity contribution in [2.75, 3.05) is 6.61 Å². The Bertz CT molecular complexity index is 220. The lowest BCUT2D eigenvalue weighted by Gasteiger charge is -2.07. The molecule has 0 rings (SSSR count). The van der Waals surface area contributed by atoms with Gasteiger partial charge in [-0.25, -0.2) is 9.59 Å². The fourth-order valence-corrected chi connectivity index (χ4v) is 0.647. The molecule has 0 saturated heterocycles. The third-order valence-electron chi connectivity index (χ3n) is 1.53. The van der Waals surface area contributed by atoms with Crippen LogP contribution in [0.15, 0.2) is 12.2 Å². The summed E-state index contributed by atoms with van der Waals surface area (Å²) in [5.41, 5.74) is 0. The van der Waals surface area contributed by atoms with E-state index in [1.165, 1.54) is 0 Å². The Balaban J connectivity index is 3.87. The Labute approximate surface area is 83.9 Å². The average Bonchev–Trinajstić information content (AvgIpc) is 2.15. The lowest BCUT2D eigenvalue weighted by molar-refractivity contribution is -0.143.